The fourth-order valence-electron chi connectivity index (χ4n) is 2.58. The number of methoxy groups -OCH3 is 2. The van der Waals surface area contributed by atoms with Crippen molar-refractivity contribution in [2.45, 2.75) is 4.90 Å². The maximum Gasteiger partial charge on any atom is 0.324 e. The predicted octanol–water partition coefficient (Wildman–Crippen LogP) is 1.71. The Morgan fingerprint density at radius 3 is 2.44 bits per heavy atom. The van der Waals surface area contributed by atoms with E-state index >= 15 is 0 Å². The van der Waals surface area contributed by atoms with Crippen molar-refractivity contribution in [2.75, 3.05) is 31.9 Å². The molecule has 1 aliphatic heterocycles. The minimum Gasteiger partial charge on any atom is -0.493 e. The Bertz CT molecular complexity index is 973. The van der Waals surface area contributed by atoms with Gasteiger partial charge in [0.25, 0.3) is 10.0 Å². The molecule has 144 valence electrons. The fourth-order valence-corrected chi connectivity index (χ4v) is 4.00. The van der Waals surface area contributed by atoms with Gasteiger partial charge in [-0.1, -0.05) is 0 Å². The molecule has 1 aliphatic rings. The summed E-state index contributed by atoms with van der Waals surface area (Å²) in [7, 11) is -1.40. The minimum absolute atomic E-state index is 0.0140. The number of fused-ring (bicyclic) bond motifs is 1. The summed E-state index contributed by atoms with van der Waals surface area (Å²) in [5.74, 6) is 0.0449. The maximum atomic E-state index is 13.1. The molecule has 2 aromatic rings. The quantitative estimate of drug-likeness (QED) is 0.754. The van der Waals surface area contributed by atoms with Crippen molar-refractivity contribution in [3.05, 3.63) is 36.4 Å². The first kappa shape index (κ1) is 18.6. The van der Waals surface area contributed by atoms with E-state index in [1.807, 2.05) is 0 Å². The number of ether oxygens (including phenoxy) is 4. The molecule has 1 heterocycles. The molecule has 0 saturated carbocycles. The number of carboxylic acid groups (broad SMARTS) is 1. The van der Waals surface area contributed by atoms with E-state index in [-0.39, 0.29) is 23.1 Å². The van der Waals surface area contributed by atoms with Crippen LogP contribution in [0.15, 0.2) is 41.3 Å². The summed E-state index contributed by atoms with van der Waals surface area (Å²) in [6.45, 7) is -0.754. The molecule has 0 unspecified atom stereocenters. The van der Waals surface area contributed by atoms with Gasteiger partial charge < -0.3 is 24.1 Å². The van der Waals surface area contributed by atoms with E-state index < -0.39 is 22.5 Å². The van der Waals surface area contributed by atoms with Crippen molar-refractivity contribution >= 4 is 21.7 Å². The molecule has 27 heavy (non-hydrogen) atoms. The van der Waals surface area contributed by atoms with Crippen LogP contribution in [-0.2, 0) is 14.8 Å². The summed E-state index contributed by atoms with van der Waals surface area (Å²) in [6.07, 6.45) is 0. The van der Waals surface area contributed by atoms with Gasteiger partial charge in [-0.05, 0) is 24.3 Å². The van der Waals surface area contributed by atoms with Crippen molar-refractivity contribution in [1.29, 1.82) is 0 Å². The first-order valence-corrected chi connectivity index (χ1v) is 9.17. The van der Waals surface area contributed by atoms with Gasteiger partial charge in [-0.3, -0.25) is 9.10 Å². The third-order valence-corrected chi connectivity index (χ3v) is 5.64. The van der Waals surface area contributed by atoms with E-state index in [0.717, 1.165) is 4.31 Å². The summed E-state index contributed by atoms with van der Waals surface area (Å²) < 4.78 is 47.7. The molecule has 0 bridgehead atoms. The predicted molar refractivity (Wildman–Crippen MR) is 94.3 cm³/mol. The van der Waals surface area contributed by atoms with Crippen LogP contribution >= 0.6 is 0 Å². The second kappa shape index (κ2) is 7.23. The number of sulfonamides is 1. The van der Waals surface area contributed by atoms with E-state index in [4.69, 9.17) is 18.9 Å². The molecule has 9 nitrogen and oxygen atoms in total. The molecule has 0 aromatic heterocycles. The second-order valence-electron chi connectivity index (χ2n) is 5.46. The topological polar surface area (TPSA) is 112 Å². The molecule has 0 saturated heterocycles. The molecule has 0 aliphatic carbocycles. The first-order valence-electron chi connectivity index (χ1n) is 7.73. The van der Waals surface area contributed by atoms with Gasteiger partial charge in [-0.2, -0.15) is 0 Å². The number of nitrogens with zero attached hydrogens (tertiary/aromatic N) is 1. The Balaban J connectivity index is 2.07. The van der Waals surface area contributed by atoms with Gasteiger partial charge in [0.05, 0.1) is 24.8 Å². The number of benzene rings is 2. The van der Waals surface area contributed by atoms with Gasteiger partial charge >= 0.3 is 5.97 Å². The molecule has 0 radical (unpaired) electrons. The van der Waals surface area contributed by atoms with Crippen LogP contribution in [0.1, 0.15) is 0 Å². The molecule has 10 heteroatoms. The highest BCUT2D eigenvalue weighted by Crippen LogP contribution is 2.38. The third-order valence-electron chi connectivity index (χ3n) is 3.87. The Morgan fingerprint density at radius 1 is 1.07 bits per heavy atom. The number of aliphatic carboxylic acids is 1. The third kappa shape index (κ3) is 3.56. The smallest absolute Gasteiger partial charge is 0.324 e. The van der Waals surface area contributed by atoms with E-state index in [1.165, 1.54) is 50.6 Å². The van der Waals surface area contributed by atoms with Crippen LogP contribution in [-0.4, -0.2) is 47.1 Å². The average molecular weight is 395 g/mol. The van der Waals surface area contributed by atoms with E-state index in [2.05, 4.69) is 0 Å². The normalized spacial score (nSPS) is 12.5. The summed E-state index contributed by atoms with van der Waals surface area (Å²) in [4.78, 5) is 11.2. The highest BCUT2D eigenvalue weighted by Gasteiger charge is 2.29. The second-order valence-corrected chi connectivity index (χ2v) is 7.32. The lowest BCUT2D eigenvalue weighted by Crippen LogP contribution is -2.35. The number of carbonyl (C=O) groups is 1. The molecule has 0 atom stereocenters. The summed E-state index contributed by atoms with van der Waals surface area (Å²) in [6, 6.07) is 8.42. The molecule has 0 amide bonds. The standard InChI is InChI=1S/C17H17NO8S/c1-23-13-6-4-12(8-15(13)24-2)27(21,22)18(9-17(19)20)11-3-5-14-16(7-11)26-10-25-14/h3-8H,9-10H2,1-2H3,(H,19,20). The molecule has 0 spiro atoms. The molecular formula is C17H17NO8S. The molecular weight excluding hydrogens is 378 g/mol. The van der Waals surface area contributed by atoms with Gasteiger partial charge in [0.15, 0.2) is 23.0 Å². The van der Waals surface area contributed by atoms with Crippen LogP contribution in [0.4, 0.5) is 5.69 Å². The number of carboxylic acids is 1. The number of rotatable bonds is 7. The van der Waals surface area contributed by atoms with Crippen LogP contribution in [0, 0.1) is 0 Å². The van der Waals surface area contributed by atoms with E-state index in [0.29, 0.717) is 17.2 Å². The highest BCUT2D eigenvalue weighted by molar-refractivity contribution is 7.92. The first-order chi connectivity index (χ1) is 12.9. The van der Waals surface area contributed by atoms with Crippen molar-refractivity contribution in [1.82, 2.24) is 0 Å². The van der Waals surface area contributed by atoms with Crippen molar-refractivity contribution < 1.29 is 37.3 Å². The molecule has 2 aromatic carbocycles. The lowest BCUT2D eigenvalue weighted by Gasteiger charge is -2.23. The number of anilines is 1. The van der Waals surface area contributed by atoms with Gasteiger partial charge in [0.2, 0.25) is 6.79 Å². The van der Waals surface area contributed by atoms with Crippen molar-refractivity contribution in [3.63, 3.8) is 0 Å². The lowest BCUT2D eigenvalue weighted by molar-refractivity contribution is -0.135. The van der Waals surface area contributed by atoms with Crippen LogP contribution in [0.25, 0.3) is 0 Å². The SMILES string of the molecule is COc1ccc(S(=O)(=O)N(CC(=O)O)c2ccc3c(c2)OCO3)cc1OC. The number of hydrogen-bond acceptors (Lipinski definition) is 7. The van der Waals surface area contributed by atoms with E-state index in [9.17, 15) is 18.3 Å². The van der Waals surface area contributed by atoms with Gasteiger partial charge in [-0.15, -0.1) is 0 Å². The Kier molecular flexibility index (Phi) is 5.00. The maximum absolute atomic E-state index is 13.1. The van der Waals surface area contributed by atoms with Gasteiger partial charge in [0, 0.05) is 12.1 Å². The fraction of sp³-hybridized carbons (Fsp3) is 0.235. The largest absolute Gasteiger partial charge is 0.493 e. The number of hydrogen-bond donors (Lipinski definition) is 1. The zero-order chi connectivity index (χ0) is 19.6. The van der Waals surface area contributed by atoms with Crippen LogP contribution < -0.4 is 23.3 Å². The lowest BCUT2D eigenvalue weighted by atomic mass is 10.3. The molecule has 1 N–H and O–H groups in total. The molecule has 3 rings (SSSR count). The Morgan fingerprint density at radius 2 is 1.78 bits per heavy atom. The van der Waals surface area contributed by atoms with Crippen molar-refractivity contribution in [3.8, 4) is 23.0 Å². The van der Waals surface area contributed by atoms with Gasteiger partial charge in [-0.25, -0.2) is 8.42 Å². The van der Waals surface area contributed by atoms with E-state index in [1.54, 1.807) is 0 Å². The zero-order valence-corrected chi connectivity index (χ0v) is 15.4. The highest BCUT2D eigenvalue weighted by atomic mass is 32.2. The Hall–Kier alpha value is -3.14. The summed E-state index contributed by atoms with van der Waals surface area (Å²) in [5, 5.41) is 9.23. The van der Waals surface area contributed by atoms with Gasteiger partial charge in [0.1, 0.15) is 6.54 Å². The van der Waals surface area contributed by atoms with Crippen LogP contribution in [0.2, 0.25) is 0 Å². The van der Waals surface area contributed by atoms with Crippen LogP contribution in [0.5, 0.6) is 23.0 Å². The van der Waals surface area contributed by atoms with Crippen LogP contribution in [0.3, 0.4) is 0 Å². The monoisotopic (exact) mass is 395 g/mol. The summed E-state index contributed by atoms with van der Waals surface area (Å²) >= 11 is 0. The van der Waals surface area contributed by atoms with Crippen molar-refractivity contribution in [2.24, 2.45) is 0 Å². The zero-order valence-electron chi connectivity index (χ0n) is 14.5. The Labute approximate surface area is 155 Å². The summed E-state index contributed by atoms with van der Waals surface area (Å²) in [5.41, 5.74) is 0.136. The minimum atomic E-state index is -4.20. The average Bonchev–Trinajstić information content (AvgIpc) is 3.12. The molecule has 0 fully saturated rings.